The fourth-order valence-corrected chi connectivity index (χ4v) is 8.27. The van der Waals surface area contributed by atoms with Gasteiger partial charge in [0.1, 0.15) is 0 Å². The van der Waals surface area contributed by atoms with Crippen molar-refractivity contribution in [2.45, 2.75) is 13.1 Å². The van der Waals surface area contributed by atoms with E-state index in [9.17, 15) is 0 Å². The van der Waals surface area contributed by atoms with Gasteiger partial charge in [0.25, 0.3) is 0 Å². The molecule has 0 atom stereocenters. The Morgan fingerprint density at radius 3 is 1.30 bits per heavy atom. The molecule has 0 saturated carbocycles. The minimum Gasteiger partial charge on any atom is -0.472 e. The summed E-state index contributed by atoms with van der Waals surface area (Å²) in [7, 11) is -1.91. The van der Waals surface area contributed by atoms with Crippen molar-refractivity contribution in [3.63, 3.8) is 0 Å². The summed E-state index contributed by atoms with van der Waals surface area (Å²) in [6, 6.07) is 36.1. The molecule has 0 bridgehead atoms. The molecule has 6 aromatic rings. The molecular weight excluding hydrogens is 548 g/mol. The maximum atomic E-state index is 9.13. The summed E-state index contributed by atoms with van der Waals surface area (Å²) in [4.78, 5) is 18.3. The van der Waals surface area contributed by atoms with Gasteiger partial charge in [0, 0.05) is 19.9 Å². The molecule has 6 rings (SSSR count). The first kappa shape index (κ1) is 30.2. The van der Waals surface area contributed by atoms with E-state index in [4.69, 9.17) is 19.8 Å². The van der Waals surface area contributed by atoms with Crippen molar-refractivity contribution in [1.29, 1.82) is 0 Å². The van der Waals surface area contributed by atoms with Crippen LogP contribution in [-0.2, 0) is 31.3 Å². The van der Waals surface area contributed by atoms with Crippen LogP contribution in [-0.4, -0.2) is 30.2 Å². The van der Waals surface area contributed by atoms with Gasteiger partial charge in [-0.1, -0.05) is 85.9 Å². The SMILES string of the molecule is C#CC(=O)O.C#CC(=O)O.C[Si](C)(c1cccc2c1[cH-]c1ccccc12)c1cccc2c1[cH-]c1ccccc12.[Ti+2]. The number of carboxylic acids is 2. The minimum atomic E-state index is -1.91. The molecule has 0 aromatic heterocycles. The molecule has 40 heavy (non-hydrogen) atoms. The second-order valence-electron chi connectivity index (χ2n) is 9.52. The zero-order valence-electron chi connectivity index (χ0n) is 22.1. The Labute approximate surface area is 248 Å². The third-order valence-electron chi connectivity index (χ3n) is 6.91. The van der Waals surface area contributed by atoms with E-state index in [1.807, 2.05) is 0 Å². The Balaban J connectivity index is 0.000000349. The van der Waals surface area contributed by atoms with Crippen LogP contribution in [0, 0.1) is 24.7 Å². The molecule has 0 heterocycles. The predicted molar refractivity (Wildman–Crippen MR) is 164 cm³/mol. The van der Waals surface area contributed by atoms with E-state index < -0.39 is 20.0 Å². The molecule has 4 nitrogen and oxygen atoms in total. The number of benzene rings is 4. The van der Waals surface area contributed by atoms with Crippen molar-refractivity contribution in [3.05, 3.63) is 97.1 Å². The number of carboxylic acid groups (broad SMARTS) is 2. The summed E-state index contributed by atoms with van der Waals surface area (Å²) >= 11 is 0. The van der Waals surface area contributed by atoms with Crippen LogP contribution in [0.1, 0.15) is 0 Å². The first-order valence-electron chi connectivity index (χ1n) is 12.2. The zero-order chi connectivity index (χ0) is 28.2. The number of hydrogen-bond donors (Lipinski definition) is 2. The van der Waals surface area contributed by atoms with Crippen molar-refractivity contribution in [2.75, 3.05) is 0 Å². The average Bonchev–Trinajstić information content (AvgIpc) is 3.52. The average molecular weight is 575 g/mol. The fraction of sp³-hybridized carbons (Fsp3) is 0.0588. The standard InChI is InChI=1S/C28H22Si.2C3H2O2.Ti/c1-29(2,27-15-7-13-23-21-11-5-3-9-19(21)17-25(23)27)28-16-8-14-24-22-12-6-4-10-20(22)18-26(24)28;2*1-2-3(4)5;/h3-18H,1-2H3;2*1H,(H,4,5);/q-2;;;+2. The van der Waals surface area contributed by atoms with Gasteiger partial charge in [0.2, 0.25) is 0 Å². The molecule has 0 aliphatic carbocycles. The number of aliphatic carboxylic acids is 2. The normalized spacial score (nSPS) is 10.4. The third kappa shape index (κ3) is 5.93. The van der Waals surface area contributed by atoms with E-state index >= 15 is 0 Å². The van der Waals surface area contributed by atoms with Crippen molar-refractivity contribution < 1.29 is 41.5 Å². The molecule has 0 fully saturated rings. The van der Waals surface area contributed by atoms with E-state index in [2.05, 4.69) is 123 Å². The number of terminal acetylenes is 2. The molecular formula is C34H26O4SiTi. The summed E-state index contributed by atoms with van der Waals surface area (Å²) in [5, 5.41) is 29.1. The molecule has 0 amide bonds. The molecule has 0 spiro atoms. The van der Waals surface area contributed by atoms with Gasteiger partial charge in [0.15, 0.2) is 0 Å². The zero-order valence-corrected chi connectivity index (χ0v) is 24.7. The molecule has 0 unspecified atom stereocenters. The van der Waals surface area contributed by atoms with Gasteiger partial charge in [-0.05, 0) is 0 Å². The van der Waals surface area contributed by atoms with Crippen LogP contribution in [0.5, 0.6) is 0 Å². The smallest absolute Gasteiger partial charge is 0.472 e. The summed E-state index contributed by atoms with van der Waals surface area (Å²) < 4.78 is 0. The van der Waals surface area contributed by atoms with E-state index in [-0.39, 0.29) is 21.7 Å². The summed E-state index contributed by atoms with van der Waals surface area (Å²) in [6.45, 7) is 5.01. The van der Waals surface area contributed by atoms with E-state index in [0.29, 0.717) is 0 Å². The third-order valence-corrected chi connectivity index (χ3v) is 10.5. The second-order valence-corrected chi connectivity index (χ2v) is 13.8. The molecule has 0 radical (unpaired) electrons. The van der Waals surface area contributed by atoms with Gasteiger partial charge in [-0.3, -0.25) is 0 Å². The fourth-order valence-electron chi connectivity index (χ4n) is 5.19. The predicted octanol–water partition coefficient (Wildman–Crippen LogP) is 5.97. The number of fused-ring (bicyclic) bond motifs is 6. The molecule has 0 aliphatic rings. The van der Waals surface area contributed by atoms with Gasteiger partial charge < -0.3 is 10.2 Å². The maximum Gasteiger partial charge on any atom is 2.00 e. The number of hydrogen-bond acceptors (Lipinski definition) is 2. The topological polar surface area (TPSA) is 74.6 Å². The van der Waals surface area contributed by atoms with Crippen molar-refractivity contribution in [1.82, 2.24) is 0 Å². The molecule has 0 saturated heterocycles. The Hall–Kier alpha value is -4.39. The van der Waals surface area contributed by atoms with E-state index in [0.717, 1.165) is 0 Å². The maximum absolute atomic E-state index is 9.13. The van der Waals surface area contributed by atoms with E-state index in [1.165, 1.54) is 65.3 Å². The minimum absolute atomic E-state index is 0. The second kappa shape index (κ2) is 12.6. The molecule has 6 heteroatoms. The first-order chi connectivity index (χ1) is 18.7. The largest absolute Gasteiger partial charge is 2.00 e. The summed E-state index contributed by atoms with van der Waals surface area (Å²) in [6.07, 6.45) is 8.64. The molecule has 2 N–H and O–H groups in total. The van der Waals surface area contributed by atoms with E-state index in [1.54, 1.807) is 0 Å². The first-order valence-corrected chi connectivity index (χ1v) is 15.2. The van der Waals surface area contributed by atoms with Crippen LogP contribution in [0.3, 0.4) is 0 Å². The van der Waals surface area contributed by atoms with Crippen molar-refractivity contribution in [2.24, 2.45) is 0 Å². The number of carbonyl (C=O) groups is 2. The van der Waals surface area contributed by atoms with Crippen molar-refractivity contribution in [3.8, 4) is 24.7 Å². The van der Waals surface area contributed by atoms with Gasteiger partial charge in [0.05, 0.1) is 0 Å². The van der Waals surface area contributed by atoms with Gasteiger partial charge >= 0.3 is 33.7 Å². The van der Waals surface area contributed by atoms with Crippen LogP contribution in [0.4, 0.5) is 0 Å². The van der Waals surface area contributed by atoms with Gasteiger partial charge in [-0.25, -0.2) is 9.59 Å². The van der Waals surface area contributed by atoms with Crippen LogP contribution in [0.15, 0.2) is 97.1 Å². The molecule has 6 aromatic carbocycles. The van der Waals surface area contributed by atoms with Gasteiger partial charge in [-0.2, -0.15) is 0 Å². The molecule has 194 valence electrons. The quantitative estimate of drug-likeness (QED) is 0.152. The van der Waals surface area contributed by atoms with Crippen LogP contribution >= 0.6 is 0 Å². The number of rotatable bonds is 2. The van der Waals surface area contributed by atoms with Crippen molar-refractivity contribution >= 4 is 73.5 Å². The van der Waals surface area contributed by atoms with Crippen LogP contribution in [0.25, 0.3) is 43.1 Å². The van der Waals surface area contributed by atoms with Crippen LogP contribution in [0.2, 0.25) is 13.1 Å². The summed E-state index contributed by atoms with van der Waals surface area (Å²) in [5.74, 6) is 0.454. The monoisotopic (exact) mass is 574 g/mol. The Morgan fingerprint density at radius 2 is 0.950 bits per heavy atom. The Morgan fingerprint density at radius 1 is 0.625 bits per heavy atom. The molecule has 0 aliphatic heterocycles. The Kier molecular flexibility index (Phi) is 9.53. The van der Waals surface area contributed by atoms with Crippen LogP contribution < -0.4 is 10.4 Å². The Bertz CT molecular complexity index is 1790. The summed E-state index contributed by atoms with van der Waals surface area (Å²) in [5.41, 5.74) is 0. The van der Waals surface area contributed by atoms with Gasteiger partial charge in [-0.15, -0.1) is 90.6 Å².